The van der Waals surface area contributed by atoms with Crippen molar-refractivity contribution in [2.45, 2.75) is 37.5 Å². The van der Waals surface area contributed by atoms with E-state index in [0.29, 0.717) is 50.4 Å². The van der Waals surface area contributed by atoms with E-state index in [0.717, 1.165) is 49.0 Å². The summed E-state index contributed by atoms with van der Waals surface area (Å²) in [4.78, 5) is 29.6. The van der Waals surface area contributed by atoms with Crippen molar-refractivity contribution in [3.63, 3.8) is 0 Å². The second-order valence-electron chi connectivity index (χ2n) is 11.8. The minimum Gasteiger partial charge on any atom is -0.338 e. The number of hydrogen-bond donors (Lipinski definition) is 4. The summed E-state index contributed by atoms with van der Waals surface area (Å²) in [5.41, 5.74) is 11.7. The molecule has 11 nitrogen and oxygen atoms in total. The number of anilines is 1. The molecule has 1 unspecified atom stereocenters. The third kappa shape index (κ3) is 5.74. The van der Waals surface area contributed by atoms with E-state index in [1.807, 2.05) is 18.2 Å². The fourth-order valence-electron chi connectivity index (χ4n) is 6.12. The van der Waals surface area contributed by atoms with Crippen molar-refractivity contribution in [3.8, 4) is 33.8 Å². The van der Waals surface area contributed by atoms with E-state index in [1.54, 1.807) is 36.9 Å². The molecule has 0 saturated heterocycles. The summed E-state index contributed by atoms with van der Waals surface area (Å²) in [7, 11) is -3.64. The van der Waals surface area contributed by atoms with Gasteiger partial charge in [-0.3, -0.25) is 19.9 Å². The predicted molar refractivity (Wildman–Crippen MR) is 175 cm³/mol. The molecule has 1 atom stereocenters. The second-order valence-corrected chi connectivity index (χ2v) is 14.0. The molecular weight excluding hydrogens is 607 g/mol. The Morgan fingerprint density at radius 2 is 1.83 bits per heavy atom. The number of carbonyl (C=O) groups is 1. The fourth-order valence-corrected chi connectivity index (χ4v) is 6.75. The maximum absolute atomic E-state index is 14.7. The van der Waals surface area contributed by atoms with Crippen LogP contribution in [-0.2, 0) is 14.6 Å². The van der Waals surface area contributed by atoms with Gasteiger partial charge in [0.15, 0.2) is 9.84 Å². The van der Waals surface area contributed by atoms with Gasteiger partial charge < -0.3 is 16.0 Å². The molecule has 1 aliphatic carbocycles. The van der Waals surface area contributed by atoms with Gasteiger partial charge >= 0.3 is 0 Å². The Morgan fingerprint density at radius 3 is 2.63 bits per heavy atom. The molecule has 0 bridgehead atoms. The molecule has 1 amide bonds. The number of nitrogens with two attached hydrogens (primary N) is 1. The maximum atomic E-state index is 14.7. The molecule has 7 rings (SSSR count). The number of aromatic nitrogens is 6. The van der Waals surface area contributed by atoms with Crippen molar-refractivity contribution in [2.75, 3.05) is 11.6 Å². The SMILES string of the molecule is CS(=O)(=O)C(N)c1cc(F)cc(-c2ccnc3[nH]c(-c4n[nH]c5cnc(-c6cncc(NC(=O)C7CCCCC7)c6)cc45)cc23)c1. The number of amides is 1. The third-order valence-electron chi connectivity index (χ3n) is 8.53. The Hall–Kier alpha value is -5.01. The first kappa shape index (κ1) is 29.7. The van der Waals surface area contributed by atoms with Crippen molar-refractivity contribution < 1.29 is 17.6 Å². The molecule has 5 aromatic heterocycles. The predicted octanol–water partition coefficient (Wildman–Crippen LogP) is 5.89. The molecule has 0 spiro atoms. The standard InChI is InChI=1S/C33H31FN8O3S/c1-46(44,45)31(35)20-9-19(10-22(34)11-20)24-7-8-37-32-25(24)13-28(40-32)30-26-14-27(38-17-29(26)41-42-30)21-12-23(16-36-15-21)39-33(43)18-5-3-2-4-6-18/h7-18,31H,2-6,35H2,1H3,(H,37,40)(H,39,43)(H,41,42). The summed E-state index contributed by atoms with van der Waals surface area (Å²) >= 11 is 0. The van der Waals surface area contributed by atoms with Crippen LogP contribution >= 0.6 is 0 Å². The molecule has 234 valence electrons. The lowest BCUT2D eigenvalue weighted by Crippen LogP contribution is -2.24. The highest BCUT2D eigenvalue weighted by molar-refractivity contribution is 7.90. The zero-order valence-electron chi connectivity index (χ0n) is 24.9. The van der Waals surface area contributed by atoms with E-state index in [9.17, 15) is 17.6 Å². The Labute approximate surface area is 263 Å². The molecule has 1 fully saturated rings. The number of nitrogens with one attached hydrogen (secondary N) is 3. The van der Waals surface area contributed by atoms with Crippen LogP contribution < -0.4 is 11.1 Å². The Morgan fingerprint density at radius 1 is 1.00 bits per heavy atom. The molecule has 0 radical (unpaired) electrons. The van der Waals surface area contributed by atoms with Crippen LogP contribution in [0.1, 0.15) is 43.0 Å². The number of pyridine rings is 3. The molecule has 5 N–H and O–H groups in total. The van der Waals surface area contributed by atoms with E-state index in [4.69, 9.17) is 5.73 Å². The minimum atomic E-state index is -3.64. The average Bonchev–Trinajstić information content (AvgIpc) is 3.68. The van der Waals surface area contributed by atoms with Gasteiger partial charge in [0.2, 0.25) is 5.91 Å². The van der Waals surface area contributed by atoms with Crippen molar-refractivity contribution in [1.29, 1.82) is 0 Å². The summed E-state index contributed by atoms with van der Waals surface area (Å²) < 4.78 is 38.9. The minimum absolute atomic E-state index is 0.0266. The Balaban J connectivity index is 1.23. The quantitative estimate of drug-likeness (QED) is 0.168. The van der Waals surface area contributed by atoms with E-state index in [2.05, 4.69) is 35.5 Å². The van der Waals surface area contributed by atoms with Crippen LogP contribution in [0.15, 0.2) is 67.3 Å². The van der Waals surface area contributed by atoms with E-state index in [-0.39, 0.29) is 17.4 Å². The van der Waals surface area contributed by atoms with Gasteiger partial charge in [0, 0.05) is 40.9 Å². The van der Waals surface area contributed by atoms with Crippen LogP contribution in [0.4, 0.5) is 10.1 Å². The summed E-state index contributed by atoms with van der Waals surface area (Å²) in [6.07, 6.45) is 12.8. The van der Waals surface area contributed by atoms with E-state index in [1.165, 1.54) is 12.5 Å². The van der Waals surface area contributed by atoms with Gasteiger partial charge in [-0.25, -0.2) is 17.8 Å². The highest BCUT2D eigenvalue weighted by Crippen LogP contribution is 2.35. The van der Waals surface area contributed by atoms with Crippen molar-refractivity contribution in [1.82, 2.24) is 30.1 Å². The van der Waals surface area contributed by atoms with Crippen LogP contribution in [0.5, 0.6) is 0 Å². The van der Waals surface area contributed by atoms with Gasteiger partial charge in [-0.15, -0.1) is 0 Å². The van der Waals surface area contributed by atoms with Gasteiger partial charge in [0.25, 0.3) is 0 Å². The largest absolute Gasteiger partial charge is 0.338 e. The van der Waals surface area contributed by atoms with Gasteiger partial charge in [0.1, 0.15) is 22.5 Å². The number of sulfone groups is 1. The first-order valence-electron chi connectivity index (χ1n) is 15.0. The normalized spacial score (nSPS) is 14.9. The maximum Gasteiger partial charge on any atom is 0.227 e. The van der Waals surface area contributed by atoms with Crippen LogP contribution in [0.25, 0.3) is 55.7 Å². The van der Waals surface area contributed by atoms with E-state index >= 15 is 0 Å². The first-order chi connectivity index (χ1) is 22.1. The number of fused-ring (bicyclic) bond motifs is 2. The fraction of sp³-hybridized carbons (Fsp3) is 0.242. The summed E-state index contributed by atoms with van der Waals surface area (Å²) in [5, 5.41) is 10.7. The summed E-state index contributed by atoms with van der Waals surface area (Å²) in [5.74, 6) is -0.545. The van der Waals surface area contributed by atoms with Gasteiger partial charge in [-0.1, -0.05) is 19.3 Å². The highest BCUT2D eigenvalue weighted by atomic mass is 32.2. The summed E-state index contributed by atoms with van der Waals surface area (Å²) in [6.45, 7) is 0. The van der Waals surface area contributed by atoms with Crippen LogP contribution in [0.2, 0.25) is 0 Å². The smallest absolute Gasteiger partial charge is 0.227 e. The molecule has 1 aromatic carbocycles. The van der Waals surface area contributed by atoms with Crippen LogP contribution in [-0.4, -0.2) is 50.7 Å². The monoisotopic (exact) mass is 638 g/mol. The number of aromatic amines is 2. The summed E-state index contributed by atoms with van der Waals surface area (Å²) in [6, 6.07) is 11.4. The van der Waals surface area contributed by atoms with Crippen molar-refractivity contribution in [3.05, 3.63) is 78.6 Å². The molecule has 1 saturated carbocycles. The van der Waals surface area contributed by atoms with Crippen molar-refractivity contribution in [2.24, 2.45) is 11.7 Å². The number of hydrogen-bond acceptors (Lipinski definition) is 8. The molecule has 46 heavy (non-hydrogen) atoms. The average molecular weight is 639 g/mol. The lowest BCUT2D eigenvalue weighted by molar-refractivity contribution is -0.120. The number of nitrogens with zero attached hydrogens (tertiary/aromatic N) is 4. The van der Waals surface area contributed by atoms with Gasteiger partial charge in [-0.2, -0.15) is 5.10 Å². The number of halogens is 1. The second kappa shape index (κ2) is 11.7. The molecule has 5 heterocycles. The topological polar surface area (TPSA) is 172 Å². The molecule has 0 aliphatic heterocycles. The third-order valence-corrected chi connectivity index (χ3v) is 9.73. The van der Waals surface area contributed by atoms with E-state index < -0.39 is 21.0 Å². The van der Waals surface area contributed by atoms with Gasteiger partial charge in [-0.05, 0) is 72.0 Å². The lowest BCUT2D eigenvalue weighted by atomic mass is 9.88. The number of rotatable bonds is 7. The Kier molecular flexibility index (Phi) is 7.57. The number of H-pyrrole nitrogens is 2. The number of carbonyl (C=O) groups excluding carboxylic acids is 1. The Bertz CT molecular complexity index is 2220. The zero-order chi connectivity index (χ0) is 32.0. The lowest BCUT2D eigenvalue weighted by Gasteiger charge is -2.20. The highest BCUT2D eigenvalue weighted by Gasteiger charge is 2.23. The molecular formula is C33H31FN8O3S. The van der Waals surface area contributed by atoms with Crippen LogP contribution in [0, 0.1) is 11.7 Å². The van der Waals surface area contributed by atoms with Crippen LogP contribution in [0.3, 0.4) is 0 Å². The molecule has 1 aliphatic rings. The molecule has 13 heteroatoms. The van der Waals surface area contributed by atoms with Gasteiger partial charge in [0.05, 0.1) is 35.0 Å². The number of benzene rings is 1. The first-order valence-corrected chi connectivity index (χ1v) is 16.9. The molecule has 6 aromatic rings. The zero-order valence-corrected chi connectivity index (χ0v) is 25.7. The van der Waals surface area contributed by atoms with Crippen molar-refractivity contribution >= 4 is 43.4 Å².